The summed E-state index contributed by atoms with van der Waals surface area (Å²) in [6.45, 7) is 6.75. The van der Waals surface area contributed by atoms with E-state index in [1.165, 1.54) is 5.56 Å². The fraction of sp³-hybridized carbons (Fsp3) is 0.727. The molecule has 152 valence electrons. The Bertz CT molecular complexity index is 557. The van der Waals surface area contributed by atoms with Gasteiger partial charge in [0.15, 0.2) is 5.79 Å². The van der Waals surface area contributed by atoms with Gasteiger partial charge in [0.1, 0.15) is 6.61 Å². The van der Waals surface area contributed by atoms with Crippen LogP contribution in [-0.2, 0) is 25.6 Å². The molecule has 2 aliphatic rings. The van der Waals surface area contributed by atoms with Crippen molar-refractivity contribution in [2.45, 2.75) is 70.1 Å². The van der Waals surface area contributed by atoms with Crippen molar-refractivity contribution in [3.8, 4) is 0 Å². The van der Waals surface area contributed by atoms with E-state index in [1.54, 1.807) is 0 Å². The first-order valence-electron chi connectivity index (χ1n) is 10.2. The van der Waals surface area contributed by atoms with Gasteiger partial charge >= 0.3 is 0 Å². The molecule has 2 heterocycles. The molecule has 5 heteroatoms. The summed E-state index contributed by atoms with van der Waals surface area (Å²) in [5.74, 6) is -0.291. The molecule has 0 amide bonds. The van der Waals surface area contributed by atoms with E-state index < -0.39 is 5.79 Å². The monoisotopic (exact) mass is 378 g/mol. The summed E-state index contributed by atoms with van der Waals surface area (Å²) in [5.41, 5.74) is 0.782. The van der Waals surface area contributed by atoms with Gasteiger partial charge in [0.25, 0.3) is 0 Å². The SMILES string of the molecule is CC(CO)CCC[C@]1(C)OCC2(CC[C@@H]1OCc1ccccc1)OCCO2. The van der Waals surface area contributed by atoms with Crippen molar-refractivity contribution in [3.05, 3.63) is 35.9 Å². The number of hydrogen-bond donors (Lipinski definition) is 1. The van der Waals surface area contributed by atoms with Crippen LogP contribution in [0.5, 0.6) is 0 Å². The average molecular weight is 379 g/mol. The summed E-state index contributed by atoms with van der Waals surface area (Å²) >= 11 is 0. The van der Waals surface area contributed by atoms with Crippen molar-refractivity contribution >= 4 is 0 Å². The minimum Gasteiger partial charge on any atom is -0.396 e. The molecule has 3 atom stereocenters. The molecule has 27 heavy (non-hydrogen) atoms. The quantitative estimate of drug-likeness (QED) is 0.748. The van der Waals surface area contributed by atoms with Gasteiger partial charge in [0.05, 0.1) is 31.5 Å². The van der Waals surface area contributed by atoms with Gasteiger partial charge in [0, 0.05) is 13.0 Å². The van der Waals surface area contributed by atoms with Crippen LogP contribution in [0.3, 0.4) is 0 Å². The Hall–Kier alpha value is -0.980. The third kappa shape index (κ3) is 5.52. The Morgan fingerprint density at radius 3 is 2.63 bits per heavy atom. The van der Waals surface area contributed by atoms with Crippen molar-refractivity contribution in [1.29, 1.82) is 0 Å². The highest BCUT2D eigenvalue weighted by atomic mass is 16.8. The van der Waals surface area contributed by atoms with Gasteiger partial charge in [-0.15, -0.1) is 0 Å². The van der Waals surface area contributed by atoms with Crippen LogP contribution in [0.1, 0.15) is 51.5 Å². The fourth-order valence-corrected chi connectivity index (χ4v) is 3.98. The normalized spacial score (nSPS) is 28.9. The second-order valence-corrected chi connectivity index (χ2v) is 8.21. The molecule has 1 aromatic carbocycles. The Labute approximate surface area is 163 Å². The molecular weight excluding hydrogens is 344 g/mol. The molecule has 3 rings (SSSR count). The minimum absolute atomic E-state index is 0.0192. The minimum atomic E-state index is -0.607. The number of ether oxygens (including phenoxy) is 4. The molecular formula is C22H34O5. The van der Waals surface area contributed by atoms with Gasteiger partial charge in [0.2, 0.25) is 0 Å². The Morgan fingerprint density at radius 1 is 1.19 bits per heavy atom. The maximum Gasteiger partial charge on any atom is 0.192 e. The Morgan fingerprint density at radius 2 is 1.93 bits per heavy atom. The first-order chi connectivity index (χ1) is 13.1. The summed E-state index contributed by atoms with van der Waals surface area (Å²) in [7, 11) is 0. The maximum absolute atomic E-state index is 9.29. The molecule has 0 bridgehead atoms. The lowest BCUT2D eigenvalue weighted by atomic mass is 9.88. The van der Waals surface area contributed by atoms with Gasteiger partial charge in [-0.25, -0.2) is 0 Å². The molecule has 1 spiro atoms. The maximum atomic E-state index is 9.29. The molecule has 2 fully saturated rings. The van der Waals surface area contributed by atoms with Crippen LogP contribution in [0.4, 0.5) is 0 Å². The van der Waals surface area contributed by atoms with E-state index in [0.29, 0.717) is 32.3 Å². The third-order valence-electron chi connectivity index (χ3n) is 5.88. The lowest BCUT2D eigenvalue weighted by molar-refractivity contribution is -0.215. The van der Waals surface area contributed by atoms with Crippen LogP contribution in [-0.4, -0.2) is 49.0 Å². The zero-order chi connectivity index (χ0) is 19.2. The van der Waals surface area contributed by atoms with Gasteiger partial charge < -0.3 is 24.1 Å². The van der Waals surface area contributed by atoms with E-state index in [0.717, 1.165) is 32.1 Å². The second-order valence-electron chi connectivity index (χ2n) is 8.21. The van der Waals surface area contributed by atoms with Crippen molar-refractivity contribution in [2.24, 2.45) is 5.92 Å². The Balaban J connectivity index is 1.66. The van der Waals surface area contributed by atoms with Crippen LogP contribution in [0, 0.1) is 5.92 Å². The zero-order valence-electron chi connectivity index (χ0n) is 16.7. The van der Waals surface area contributed by atoms with Crippen LogP contribution in [0.25, 0.3) is 0 Å². The molecule has 1 aromatic rings. The van der Waals surface area contributed by atoms with E-state index in [4.69, 9.17) is 18.9 Å². The second kappa shape index (κ2) is 9.48. The average Bonchev–Trinajstić information content (AvgIpc) is 3.11. The van der Waals surface area contributed by atoms with E-state index >= 15 is 0 Å². The standard InChI is InChI=1S/C22H34O5/c1-18(15-23)7-6-11-21(2)20(24-16-19-8-4-3-5-9-19)10-12-22(17-27-21)25-13-14-26-22/h3-5,8-9,18,20,23H,6-7,10-17H2,1-2H3/t18?,20-,21-/m0/s1. The molecule has 0 radical (unpaired) electrons. The lowest BCUT2D eigenvalue weighted by Crippen LogP contribution is -2.44. The van der Waals surface area contributed by atoms with Gasteiger partial charge in [-0.2, -0.15) is 0 Å². The summed E-state index contributed by atoms with van der Waals surface area (Å²) < 4.78 is 24.6. The number of hydrogen-bond acceptors (Lipinski definition) is 5. The highest BCUT2D eigenvalue weighted by molar-refractivity contribution is 5.13. The van der Waals surface area contributed by atoms with E-state index in [1.807, 2.05) is 18.2 Å². The first kappa shape index (κ1) is 20.7. The van der Waals surface area contributed by atoms with Crippen molar-refractivity contribution in [3.63, 3.8) is 0 Å². The van der Waals surface area contributed by atoms with E-state index in [9.17, 15) is 5.11 Å². The Kier molecular flexibility index (Phi) is 7.29. The van der Waals surface area contributed by atoms with Crippen LogP contribution in [0.15, 0.2) is 30.3 Å². The first-order valence-corrected chi connectivity index (χ1v) is 10.2. The van der Waals surface area contributed by atoms with Crippen LogP contribution < -0.4 is 0 Å². The molecule has 0 saturated carbocycles. The molecule has 2 aliphatic heterocycles. The van der Waals surface area contributed by atoms with Crippen LogP contribution in [0.2, 0.25) is 0 Å². The topological polar surface area (TPSA) is 57.2 Å². The molecule has 1 N–H and O–H groups in total. The molecule has 0 aliphatic carbocycles. The largest absolute Gasteiger partial charge is 0.396 e. The highest BCUT2D eigenvalue weighted by Crippen LogP contribution is 2.38. The molecule has 1 unspecified atom stereocenters. The highest BCUT2D eigenvalue weighted by Gasteiger charge is 2.47. The van der Waals surface area contributed by atoms with Gasteiger partial charge in [-0.1, -0.05) is 43.7 Å². The predicted molar refractivity (Wildman–Crippen MR) is 103 cm³/mol. The summed E-state index contributed by atoms with van der Waals surface area (Å²) in [6, 6.07) is 10.3. The summed E-state index contributed by atoms with van der Waals surface area (Å²) in [5, 5.41) is 9.29. The van der Waals surface area contributed by atoms with Crippen molar-refractivity contribution in [1.82, 2.24) is 0 Å². The van der Waals surface area contributed by atoms with Crippen molar-refractivity contribution < 1.29 is 24.1 Å². The molecule has 5 nitrogen and oxygen atoms in total. The number of rotatable bonds is 8. The summed E-state index contributed by atoms with van der Waals surface area (Å²) in [6.07, 6.45) is 4.49. The fourth-order valence-electron chi connectivity index (χ4n) is 3.98. The number of aliphatic hydroxyl groups is 1. The van der Waals surface area contributed by atoms with Gasteiger partial charge in [-0.3, -0.25) is 0 Å². The lowest BCUT2D eigenvalue weighted by Gasteiger charge is -2.36. The predicted octanol–water partition coefficient (Wildman–Crippen LogP) is 3.68. The zero-order valence-corrected chi connectivity index (χ0v) is 16.7. The third-order valence-corrected chi connectivity index (χ3v) is 5.88. The smallest absolute Gasteiger partial charge is 0.192 e. The molecule has 0 aromatic heterocycles. The molecule has 2 saturated heterocycles. The van der Waals surface area contributed by atoms with Crippen LogP contribution >= 0.6 is 0 Å². The summed E-state index contributed by atoms with van der Waals surface area (Å²) in [4.78, 5) is 0. The van der Waals surface area contributed by atoms with Crippen molar-refractivity contribution in [2.75, 3.05) is 26.4 Å². The van der Waals surface area contributed by atoms with Gasteiger partial charge in [-0.05, 0) is 37.7 Å². The number of aliphatic hydroxyl groups excluding tert-OH is 1. The van der Waals surface area contributed by atoms with E-state index in [-0.39, 0.29) is 18.3 Å². The number of benzene rings is 1. The van der Waals surface area contributed by atoms with E-state index in [2.05, 4.69) is 26.0 Å².